The zero-order chi connectivity index (χ0) is 12.5. The second kappa shape index (κ2) is 4.74. The van der Waals surface area contributed by atoms with Gasteiger partial charge in [0.15, 0.2) is 0 Å². The molecule has 1 amide bonds. The second-order valence-electron chi connectivity index (χ2n) is 4.36. The first-order valence-electron chi connectivity index (χ1n) is 5.46. The minimum absolute atomic E-state index is 0.151. The van der Waals surface area contributed by atoms with Gasteiger partial charge in [0, 0.05) is 6.54 Å². The standard InChI is InChI=1S/C12H13BrFNO2/c13-10-8(3-1-4-9(10)14)11(16)15-7-12(17)5-2-6-12/h1,3-4,17H,2,5-7H2,(H,15,16). The number of hydrogen-bond acceptors (Lipinski definition) is 2. The third-order valence-electron chi connectivity index (χ3n) is 3.06. The summed E-state index contributed by atoms with van der Waals surface area (Å²) < 4.78 is 13.4. The van der Waals surface area contributed by atoms with E-state index in [4.69, 9.17) is 0 Å². The van der Waals surface area contributed by atoms with Crippen molar-refractivity contribution in [2.24, 2.45) is 0 Å². The van der Waals surface area contributed by atoms with Crippen LogP contribution in [-0.2, 0) is 0 Å². The van der Waals surface area contributed by atoms with Crippen molar-refractivity contribution in [1.29, 1.82) is 0 Å². The van der Waals surface area contributed by atoms with E-state index < -0.39 is 11.4 Å². The molecule has 1 aromatic rings. The molecule has 0 aliphatic heterocycles. The predicted octanol–water partition coefficient (Wildman–Crippen LogP) is 2.23. The molecule has 2 N–H and O–H groups in total. The van der Waals surface area contributed by atoms with E-state index in [2.05, 4.69) is 21.2 Å². The van der Waals surface area contributed by atoms with Crippen LogP contribution in [-0.4, -0.2) is 23.2 Å². The van der Waals surface area contributed by atoms with Crippen molar-refractivity contribution in [3.8, 4) is 0 Å². The molecule has 0 atom stereocenters. The fourth-order valence-corrected chi connectivity index (χ4v) is 2.23. The second-order valence-corrected chi connectivity index (χ2v) is 5.15. The SMILES string of the molecule is O=C(NCC1(O)CCC1)c1cccc(F)c1Br. The number of hydrogen-bond donors (Lipinski definition) is 2. The van der Waals surface area contributed by atoms with Gasteiger partial charge in [-0.25, -0.2) is 4.39 Å². The zero-order valence-electron chi connectivity index (χ0n) is 9.17. The maximum atomic E-state index is 13.2. The highest BCUT2D eigenvalue weighted by Crippen LogP contribution is 2.30. The van der Waals surface area contributed by atoms with Gasteiger partial charge in [-0.2, -0.15) is 0 Å². The number of halogens is 2. The lowest BCUT2D eigenvalue weighted by Gasteiger charge is -2.36. The Morgan fingerprint density at radius 3 is 2.82 bits per heavy atom. The molecule has 0 spiro atoms. The fourth-order valence-electron chi connectivity index (χ4n) is 1.78. The molecule has 2 rings (SSSR count). The highest BCUT2D eigenvalue weighted by Gasteiger charge is 2.34. The molecule has 0 heterocycles. The summed E-state index contributed by atoms with van der Waals surface area (Å²) in [6, 6.07) is 4.29. The van der Waals surface area contributed by atoms with Gasteiger partial charge in [0.05, 0.1) is 15.6 Å². The fraction of sp³-hybridized carbons (Fsp3) is 0.417. The van der Waals surface area contributed by atoms with Crippen LogP contribution in [0.3, 0.4) is 0 Å². The molecular weight excluding hydrogens is 289 g/mol. The topological polar surface area (TPSA) is 49.3 Å². The molecule has 17 heavy (non-hydrogen) atoms. The number of nitrogens with one attached hydrogen (secondary N) is 1. The quantitative estimate of drug-likeness (QED) is 0.899. The van der Waals surface area contributed by atoms with E-state index >= 15 is 0 Å². The largest absolute Gasteiger partial charge is 0.388 e. The van der Waals surface area contributed by atoms with Gasteiger partial charge in [0.1, 0.15) is 5.82 Å². The molecule has 1 saturated carbocycles. The Balaban J connectivity index is 2.02. The van der Waals surface area contributed by atoms with Crippen LogP contribution >= 0.6 is 15.9 Å². The average Bonchev–Trinajstić information content (AvgIpc) is 2.27. The van der Waals surface area contributed by atoms with E-state index in [0.29, 0.717) is 12.8 Å². The van der Waals surface area contributed by atoms with Crippen LogP contribution in [0.4, 0.5) is 4.39 Å². The number of aliphatic hydroxyl groups is 1. The Labute approximate surface area is 107 Å². The lowest BCUT2D eigenvalue weighted by molar-refractivity contribution is -0.0300. The molecule has 1 fully saturated rings. The molecule has 1 aliphatic rings. The number of rotatable bonds is 3. The van der Waals surface area contributed by atoms with Gasteiger partial charge in [0.25, 0.3) is 5.91 Å². The van der Waals surface area contributed by atoms with Crippen molar-refractivity contribution in [2.75, 3.05) is 6.54 Å². The van der Waals surface area contributed by atoms with Gasteiger partial charge in [-0.15, -0.1) is 0 Å². The van der Waals surface area contributed by atoms with Crippen molar-refractivity contribution in [1.82, 2.24) is 5.32 Å². The van der Waals surface area contributed by atoms with E-state index in [1.54, 1.807) is 0 Å². The van der Waals surface area contributed by atoms with Crippen molar-refractivity contribution < 1.29 is 14.3 Å². The minimum atomic E-state index is -0.768. The van der Waals surface area contributed by atoms with Crippen molar-refractivity contribution >= 4 is 21.8 Å². The van der Waals surface area contributed by atoms with Crippen molar-refractivity contribution in [3.63, 3.8) is 0 Å². The predicted molar refractivity (Wildman–Crippen MR) is 65.2 cm³/mol. The van der Waals surface area contributed by atoms with Crippen LogP contribution < -0.4 is 5.32 Å². The number of carbonyl (C=O) groups is 1. The first-order chi connectivity index (χ1) is 8.02. The summed E-state index contributed by atoms with van der Waals surface area (Å²) in [6.07, 6.45) is 2.39. The number of amides is 1. The molecule has 0 radical (unpaired) electrons. The summed E-state index contributed by atoms with van der Waals surface area (Å²) in [6.45, 7) is 0.217. The molecule has 3 nitrogen and oxygen atoms in total. The first-order valence-corrected chi connectivity index (χ1v) is 6.26. The van der Waals surface area contributed by atoms with Gasteiger partial charge < -0.3 is 10.4 Å². The smallest absolute Gasteiger partial charge is 0.252 e. The summed E-state index contributed by atoms with van der Waals surface area (Å²) in [5, 5.41) is 12.5. The van der Waals surface area contributed by atoms with Crippen LogP contribution in [0.2, 0.25) is 0 Å². The van der Waals surface area contributed by atoms with Crippen molar-refractivity contribution in [2.45, 2.75) is 24.9 Å². The van der Waals surface area contributed by atoms with Gasteiger partial charge in [-0.05, 0) is 47.3 Å². The van der Waals surface area contributed by atoms with Gasteiger partial charge in [-0.1, -0.05) is 6.07 Å². The van der Waals surface area contributed by atoms with E-state index in [-0.39, 0.29) is 22.5 Å². The minimum Gasteiger partial charge on any atom is -0.388 e. The van der Waals surface area contributed by atoms with Gasteiger partial charge >= 0.3 is 0 Å². The molecule has 0 unspecified atom stereocenters. The van der Waals surface area contributed by atoms with Crippen LogP contribution in [0.15, 0.2) is 22.7 Å². The van der Waals surface area contributed by atoms with E-state index in [0.717, 1.165) is 6.42 Å². The molecule has 0 saturated heterocycles. The molecule has 1 aliphatic carbocycles. The third-order valence-corrected chi connectivity index (χ3v) is 3.86. The van der Waals surface area contributed by atoms with Crippen LogP contribution in [0, 0.1) is 5.82 Å². The summed E-state index contributed by atoms with van der Waals surface area (Å²) in [7, 11) is 0. The molecular formula is C12H13BrFNO2. The number of carbonyl (C=O) groups excluding carboxylic acids is 1. The van der Waals surface area contributed by atoms with E-state index in [9.17, 15) is 14.3 Å². The summed E-state index contributed by atoms with van der Waals surface area (Å²) in [4.78, 5) is 11.8. The molecule has 0 aromatic heterocycles. The molecule has 5 heteroatoms. The monoisotopic (exact) mass is 301 g/mol. The van der Waals surface area contributed by atoms with E-state index in [1.807, 2.05) is 0 Å². The Kier molecular flexibility index (Phi) is 3.49. The Hall–Kier alpha value is -0.940. The normalized spacial score (nSPS) is 17.4. The highest BCUT2D eigenvalue weighted by atomic mass is 79.9. The van der Waals surface area contributed by atoms with Crippen LogP contribution in [0.1, 0.15) is 29.6 Å². The maximum Gasteiger partial charge on any atom is 0.252 e. The number of benzene rings is 1. The Bertz CT molecular complexity index is 446. The lowest BCUT2D eigenvalue weighted by atomic mass is 9.80. The van der Waals surface area contributed by atoms with E-state index in [1.165, 1.54) is 18.2 Å². The maximum absolute atomic E-state index is 13.2. The summed E-state index contributed by atoms with van der Waals surface area (Å²) in [5.74, 6) is -0.850. The van der Waals surface area contributed by atoms with Gasteiger partial charge in [-0.3, -0.25) is 4.79 Å². The lowest BCUT2D eigenvalue weighted by Crippen LogP contribution is -2.47. The average molecular weight is 302 g/mol. The molecule has 1 aromatic carbocycles. The molecule has 0 bridgehead atoms. The zero-order valence-corrected chi connectivity index (χ0v) is 10.8. The highest BCUT2D eigenvalue weighted by molar-refractivity contribution is 9.10. The first kappa shape index (κ1) is 12.5. The Morgan fingerprint density at radius 1 is 1.53 bits per heavy atom. The van der Waals surface area contributed by atoms with Crippen molar-refractivity contribution in [3.05, 3.63) is 34.1 Å². The third kappa shape index (κ3) is 2.66. The summed E-state index contributed by atoms with van der Waals surface area (Å²) >= 11 is 3.03. The Morgan fingerprint density at radius 2 is 2.24 bits per heavy atom. The summed E-state index contributed by atoms with van der Waals surface area (Å²) in [5.41, 5.74) is -0.525. The van der Waals surface area contributed by atoms with Crippen LogP contribution in [0.25, 0.3) is 0 Å². The van der Waals surface area contributed by atoms with Crippen LogP contribution in [0.5, 0.6) is 0 Å². The van der Waals surface area contributed by atoms with Gasteiger partial charge in [0.2, 0.25) is 0 Å². The molecule has 92 valence electrons.